The molecule has 1 N–H and O–H groups in total. The van der Waals surface area contributed by atoms with Gasteiger partial charge in [-0.15, -0.1) is 0 Å². The average molecular weight is 485 g/mol. The molecule has 168 valence electrons. The van der Waals surface area contributed by atoms with Gasteiger partial charge in [-0.25, -0.2) is 12.7 Å². The van der Waals surface area contributed by atoms with Gasteiger partial charge in [-0.1, -0.05) is 59.6 Å². The number of ether oxygens (including phenoxy) is 1. The van der Waals surface area contributed by atoms with Crippen LogP contribution in [0.3, 0.4) is 0 Å². The fourth-order valence-corrected chi connectivity index (χ4v) is 5.69. The molecule has 1 heterocycles. The number of rotatable bonds is 9. The Kier molecular flexibility index (Phi) is 8.75. The number of hydrogen-bond donors (Lipinski definition) is 1. The smallest absolute Gasteiger partial charge is 0.224 e. The highest BCUT2D eigenvalue weighted by atomic mass is 35.5. The van der Waals surface area contributed by atoms with E-state index in [0.717, 1.165) is 5.56 Å². The Labute approximate surface area is 193 Å². The van der Waals surface area contributed by atoms with Gasteiger partial charge in [0.05, 0.1) is 24.9 Å². The van der Waals surface area contributed by atoms with Crippen molar-refractivity contribution in [2.75, 3.05) is 26.2 Å². The summed E-state index contributed by atoms with van der Waals surface area (Å²) in [6.45, 7) is 1.83. The molecule has 1 fully saturated rings. The van der Waals surface area contributed by atoms with Gasteiger partial charge in [-0.2, -0.15) is 0 Å². The number of benzene rings is 2. The zero-order valence-corrected chi connectivity index (χ0v) is 19.4. The molecule has 1 atom stereocenters. The Morgan fingerprint density at radius 2 is 1.94 bits per heavy atom. The molecule has 0 spiro atoms. The number of nitrogens with zero attached hydrogens (tertiary/aromatic N) is 1. The number of amides is 1. The first-order valence-corrected chi connectivity index (χ1v) is 12.5. The van der Waals surface area contributed by atoms with E-state index in [1.165, 1.54) is 10.4 Å². The van der Waals surface area contributed by atoms with Crippen molar-refractivity contribution in [3.05, 3.63) is 69.7 Å². The Bertz CT molecular complexity index is 986. The highest BCUT2D eigenvalue weighted by Crippen LogP contribution is 2.26. The quantitative estimate of drug-likeness (QED) is 0.548. The molecule has 1 amide bonds. The van der Waals surface area contributed by atoms with Crippen molar-refractivity contribution in [2.45, 2.75) is 25.2 Å². The monoisotopic (exact) mass is 484 g/mol. The molecule has 1 aliphatic rings. The molecule has 2 aromatic rings. The molecule has 2 aromatic carbocycles. The van der Waals surface area contributed by atoms with E-state index >= 15 is 0 Å². The van der Waals surface area contributed by atoms with E-state index in [0.29, 0.717) is 54.8 Å². The lowest BCUT2D eigenvalue weighted by molar-refractivity contribution is -0.126. The van der Waals surface area contributed by atoms with Crippen LogP contribution >= 0.6 is 23.2 Å². The van der Waals surface area contributed by atoms with Crippen LogP contribution in [0.2, 0.25) is 10.0 Å². The predicted octanol–water partition coefficient (Wildman–Crippen LogP) is 3.87. The maximum Gasteiger partial charge on any atom is 0.224 e. The van der Waals surface area contributed by atoms with Crippen molar-refractivity contribution in [2.24, 2.45) is 5.92 Å². The van der Waals surface area contributed by atoms with Crippen LogP contribution in [-0.2, 0) is 31.9 Å². The summed E-state index contributed by atoms with van der Waals surface area (Å²) in [7, 11) is -3.60. The van der Waals surface area contributed by atoms with Crippen molar-refractivity contribution in [1.29, 1.82) is 0 Å². The van der Waals surface area contributed by atoms with E-state index in [-0.39, 0.29) is 24.1 Å². The van der Waals surface area contributed by atoms with Crippen molar-refractivity contribution >= 4 is 39.1 Å². The molecule has 1 aliphatic heterocycles. The molecule has 1 unspecified atom stereocenters. The molecule has 0 aromatic heterocycles. The summed E-state index contributed by atoms with van der Waals surface area (Å²) >= 11 is 12.0. The first-order valence-electron chi connectivity index (χ1n) is 10.2. The number of carbonyl (C=O) groups is 1. The van der Waals surface area contributed by atoms with E-state index in [1.54, 1.807) is 12.1 Å². The Hall–Kier alpha value is -1.64. The Balaban J connectivity index is 1.46. The predicted molar refractivity (Wildman–Crippen MR) is 122 cm³/mol. The van der Waals surface area contributed by atoms with E-state index in [4.69, 9.17) is 27.9 Å². The average Bonchev–Trinajstić information content (AvgIpc) is 2.76. The van der Waals surface area contributed by atoms with Gasteiger partial charge in [0.15, 0.2) is 0 Å². The summed E-state index contributed by atoms with van der Waals surface area (Å²) in [5.74, 6) is -0.740. The Morgan fingerprint density at radius 3 is 2.68 bits per heavy atom. The number of piperidine rings is 1. The second-order valence-electron chi connectivity index (χ2n) is 7.52. The normalized spacial score (nSPS) is 17.4. The number of nitrogens with one attached hydrogen (secondary N) is 1. The van der Waals surface area contributed by atoms with Crippen LogP contribution in [-0.4, -0.2) is 44.9 Å². The fraction of sp³-hybridized carbons (Fsp3) is 0.409. The molecule has 3 rings (SSSR count). The molecular weight excluding hydrogens is 459 g/mol. The second-order valence-corrected chi connectivity index (χ2v) is 10.3. The van der Waals surface area contributed by atoms with Crippen molar-refractivity contribution < 1.29 is 17.9 Å². The number of halogens is 2. The summed E-state index contributed by atoms with van der Waals surface area (Å²) in [5, 5.41) is 3.62. The van der Waals surface area contributed by atoms with Crippen LogP contribution in [0.5, 0.6) is 0 Å². The van der Waals surface area contributed by atoms with Crippen LogP contribution in [0.15, 0.2) is 48.5 Å². The van der Waals surface area contributed by atoms with E-state index in [1.807, 2.05) is 30.3 Å². The topological polar surface area (TPSA) is 75.7 Å². The minimum absolute atomic E-state index is 0.146. The summed E-state index contributed by atoms with van der Waals surface area (Å²) in [5.41, 5.74) is 1.57. The lowest BCUT2D eigenvalue weighted by atomic mass is 9.99. The van der Waals surface area contributed by atoms with E-state index in [2.05, 4.69) is 5.32 Å². The molecule has 9 heteroatoms. The molecular formula is C22H26Cl2N2O4S. The van der Waals surface area contributed by atoms with Gasteiger partial charge in [-0.3, -0.25) is 4.79 Å². The standard InChI is InChI=1S/C22H26Cl2N2O4S/c23-20-9-8-19(21(24)13-20)16-31(28,29)26-11-4-7-18(14-26)22(27)25-10-12-30-15-17-5-2-1-3-6-17/h1-3,5-6,8-9,13,18H,4,7,10-12,14-16H2,(H,25,27). The Morgan fingerprint density at radius 1 is 1.16 bits per heavy atom. The first-order chi connectivity index (χ1) is 14.8. The van der Waals surface area contributed by atoms with Gasteiger partial charge < -0.3 is 10.1 Å². The molecule has 0 aliphatic carbocycles. The van der Waals surface area contributed by atoms with Gasteiger partial charge in [0, 0.05) is 29.7 Å². The van der Waals surface area contributed by atoms with Crippen LogP contribution in [0.25, 0.3) is 0 Å². The molecule has 1 saturated heterocycles. The third-order valence-electron chi connectivity index (χ3n) is 5.16. The highest BCUT2D eigenvalue weighted by Gasteiger charge is 2.32. The SMILES string of the molecule is O=C(NCCOCc1ccccc1)C1CCCN(S(=O)(=O)Cc2ccc(Cl)cc2Cl)C1. The zero-order chi connectivity index (χ0) is 22.3. The van der Waals surface area contributed by atoms with E-state index in [9.17, 15) is 13.2 Å². The van der Waals surface area contributed by atoms with Gasteiger partial charge in [0.2, 0.25) is 15.9 Å². The van der Waals surface area contributed by atoms with Gasteiger partial charge in [0.1, 0.15) is 0 Å². The summed E-state index contributed by atoms with van der Waals surface area (Å²) < 4.78 is 32.7. The minimum Gasteiger partial charge on any atom is -0.375 e. The summed E-state index contributed by atoms with van der Waals surface area (Å²) in [6, 6.07) is 14.6. The molecule has 0 saturated carbocycles. The molecule has 31 heavy (non-hydrogen) atoms. The van der Waals surface area contributed by atoms with Crippen molar-refractivity contribution in [3.63, 3.8) is 0 Å². The number of hydrogen-bond acceptors (Lipinski definition) is 4. The third kappa shape index (κ3) is 7.19. The number of sulfonamides is 1. The molecule has 0 bridgehead atoms. The molecule has 6 nitrogen and oxygen atoms in total. The fourth-order valence-electron chi connectivity index (χ4n) is 3.49. The van der Waals surface area contributed by atoms with E-state index < -0.39 is 10.0 Å². The maximum atomic E-state index is 12.9. The molecule has 0 radical (unpaired) electrons. The van der Waals surface area contributed by atoms with Gasteiger partial charge in [-0.05, 0) is 36.1 Å². The van der Waals surface area contributed by atoms with Crippen LogP contribution < -0.4 is 5.32 Å². The first kappa shape index (κ1) is 24.0. The van der Waals surface area contributed by atoms with Crippen LogP contribution in [0, 0.1) is 5.92 Å². The van der Waals surface area contributed by atoms with Gasteiger partial charge >= 0.3 is 0 Å². The maximum absolute atomic E-state index is 12.9. The minimum atomic E-state index is -3.60. The largest absolute Gasteiger partial charge is 0.375 e. The van der Waals surface area contributed by atoms with Crippen LogP contribution in [0.1, 0.15) is 24.0 Å². The second kappa shape index (κ2) is 11.3. The third-order valence-corrected chi connectivity index (χ3v) is 7.54. The lowest BCUT2D eigenvalue weighted by Crippen LogP contribution is -2.46. The van der Waals surface area contributed by atoms with Crippen molar-refractivity contribution in [3.8, 4) is 0 Å². The zero-order valence-electron chi connectivity index (χ0n) is 17.1. The highest BCUT2D eigenvalue weighted by molar-refractivity contribution is 7.88. The summed E-state index contributed by atoms with van der Waals surface area (Å²) in [6.07, 6.45) is 1.29. The van der Waals surface area contributed by atoms with Crippen LogP contribution in [0.4, 0.5) is 0 Å². The van der Waals surface area contributed by atoms with Gasteiger partial charge in [0.25, 0.3) is 0 Å². The lowest BCUT2D eigenvalue weighted by Gasteiger charge is -2.31. The number of carbonyl (C=O) groups excluding carboxylic acids is 1. The van der Waals surface area contributed by atoms with Crippen molar-refractivity contribution in [1.82, 2.24) is 9.62 Å². The summed E-state index contributed by atoms with van der Waals surface area (Å²) in [4.78, 5) is 12.5.